The van der Waals surface area contributed by atoms with Gasteiger partial charge in [-0.05, 0) is 0 Å². The first kappa shape index (κ1) is 14.9. The van der Waals surface area contributed by atoms with Crippen LogP contribution in [0.3, 0.4) is 0 Å². The molecule has 0 spiro atoms. The second-order valence-corrected chi connectivity index (χ2v) is 5.80. The number of amides is 1. The highest BCUT2D eigenvalue weighted by atomic mass is 32.1. The van der Waals surface area contributed by atoms with Crippen LogP contribution in [0.15, 0.2) is 17.1 Å². The summed E-state index contributed by atoms with van der Waals surface area (Å²) in [5.41, 5.74) is 2.53. The van der Waals surface area contributed by atoms with E-state index in [-0.39, 0.29) is 12.5 Å². The van der Waals surface area contributed by atoms with E-state index in [2.05, 4.69) is 20.7 Å². The van der Waals surface area contributed by atoms with Gasteiger partial charge >= 0.3 is 0 Å². The fourth-order valence-corrected chi connectivity index (χ4v) is 3.00. The average Bonchev–Trinajstić information content (AvgIpc) is 3.08. The molecule has 1 atom stereocenters. The van der Waals surface area contributed by atoms with E-state index < -0.39 is 6.17 Å². The van der Waals surface area contributed by atoms with Gasteiger partial charge in [0.15, 0.2) is 5.82 Å². The van der Waals surface area contributed by atoms with Crippen LogP contribution in [0.25, 0.3) is 0 Å². The Labute approximate surface area is 131 Å². The summed E-state index contributed by atoms with van der Waals surface area (Å²) in [5.74, 6) is 0.412. The second kappa shape index (κ2) is 6.41. The number of aromatic nitrogens is 3. The number of hydrogen-bond acceptors (Lipinski definition) is 6. The molecule has 22 heavy (non-hydrogen) atoms. The maximum atomic E-state index is 13.8. The smallest absolute Gasteiger partial charge is 0.275 e. The monoisotopic (exact) mass is 324 g/mol. The van der Waals surface area contributed by atoms with Crippen molar-refractivity contribution < 1.29 is 9.18 Å². The van der Waals surface area contributed by atoms with Crippen molar-refractivity contribution in [2.75, 3.05) is 36.4 Å². The van der Waals surface area contributed by atoms with Gasteiger partial charge in [0, 0.05) is 32.1 Å². The van der Waals surface area contributed by atoms with Gasteiger partial charge in [-0.3, -0.25) is 9.48 Å². The Balaban J connectivity index is 1.82. The van der Waals surface area contributed by atoms with E-state index in [4.69, 9.17) is 0 Å². The maximum absolute atomic E-state index is 13.8. The Kier molecular flexibility index (Phi) is 4.34. The van der Waals surface area contributed by atoms with Crippen LogP contribution < -0.4 is 15.5 Å². The van der Waals surface area contributed by atoms with Gasteiger partial charge in [0.05, 0.1) is 18.3 Å². The molecule has 3 rings (SSSR count). The standard InChI is InChI=1S/C13H17FN6OS/c1-19-13(20-3-2-15-4-9(14)6-20)10(5-17-19)18-12(21)11-7-22-8-16-11/h5,7-9,15H,2-4,6H2,1H3,(H,18,21). The van der Waals surface area contributed by atoms with Crippen LogP contribution in [0.4, 0.5) is 15.9 Å². The molecule has 1 saturated heterocycles. The first-order chi connectivity index (χ1) is 10.6. The molecule has 2 aromatic heterocycles. The molecule has 0 bridgehead atoms. The minimum atomic E-state index is -0.959. The van der Waals surface area contributed by atoms with Crippen molar-refractivity contribution in [1.82, 2.24) is 20.1 Å². The SMILES string of the molecule is Cn1ncc(NC(=O)c2cscn2)c1N1CCNCC(F)C1. The number of carbonyl (C=O) groups is 1. The lowest BCUT2D eigenvalue weighted by atomic mass is 10.3. The molecule has 0 radical (unpaired) electrons. The fourth-order valence-electron chi connectivity index (χ4n) is 2.47. The third kappa shape index (κ3) is 3.09. The highest BCUT2D eigenvalue weighted by Crippen LogP contribution is 2.26. The van der Waals surface area contributed by atoms with Crippen LogP contribution in [0, 0.1) is 0 Å². The quantitative estimate of drug-likeness (QED) is 0.876. The highest BCUT2D eigenvalue weighted by Gasteiger charge is 2.23. The van der Waals surface area contributed by atoms with E-state index in [1.807, 2.05) is 4.90 Å². The molecule has 0 saturated carbocycles. The van der Waals surface area contributed by atoms with Gasteiger partial charge in [0.1, 0.15) is 17.6 Å². The lowest BCUT2D eigenvalue weighted by Crippen LogP contribution is -2.33. The number of alkyl halides is 1. The average molecular weight is 324 g/mol. The molecule has 1 aliphatic rings. The Morgan fingerprint density at radius 1 is 1.59 bits per heavy atom. The number of aryl methyl sites for hydroxylation is 1. The van der Waals surface area contributed by atoms with E-state index in [1.54, 1.807) is 28.8 Å². The topological polar surface area (TPSA) is 75.1 Å². The van der Waals surface area contributed by atoms with Gasteiger partial charge < -0.3 is 15.5 Å². The lowest BCUT2D eigenvalue weighted by Gasteiger charge is -2.24. The maximum Gasteiger partial charge on any atom is 0.275 e. The van der Waals surface area contributed by atoms with Crippen molar-refractivity contribution >= 4 is 28.7 Å². The van der Waals surface area contributed by atoms with Gasteiger partial charge in [-0.1, -0.05) is 0 Å². The van der Waals surface area contributed by atoms with Crippen molar-refractivity contribution in [3.8, 4) is 0 Å². The number of halogens is 1. The van der Waals surface area contributed by atoms with Crippen molar-refractivity contribution in [3.05, 3.63) is 22.8 Å². The molecule has 1 amide bonds. The summed E-state index contributed by atoms with van der Waals surface area (Å²) in [7, 11) is 1.78. The van der Waals surface area contributed by atoms with Crippen LogP contribution in [-0.2, 0) is 7.05 Å². The molecular formula is C13H17FN6OS. The zero-order valence-corrected chi connectivity index (χ0v) is 12.9. The van der Waals surface area contributed by atoms with Gasteiger partial charge in [-0.15, -0.1) is 11.3 Å². The number of carbonyl (C=O) groups excluding carboxylic acids is 1. The Morgan fingerprint density at radius 2 is 2.45 bits per heavy atom. The third-order valence-corrected chi connectivity index (χ3v) is 4.05. The Hall–Kier alpha value is -2.00. The number of rotatable bonds is 3. The molecule has 9 heteroatoms. The summed E-state index contributed by atoms with van der Waals surface area (Å²) < 4.78 is 15.5. The van der Waals surface area contributed by atoms with Crippen LogP contribution in [0.5, 0.6) is 0 Å². The van der Waals surface area contributed by atoms with E-state index in [9.17, 15) is 9.18 Å². The van der Waals surface area contributed by atoms with Crippen LogP contribution in [-0.4, -0.2) is 53.0 Å². The van der Waals surface area contributed by atoms with Crippen LogP contribution in [0.2, 0.25) is 0 Å². The van der Waals surface area contributed by atoms with Crippen LogP contribution in [0.1, 0.15) is 10.5 Å². The van der Waals surface area contributed by atoms with Crippen molar-refractivity contribution in [3.63, 3.8) is 0 Å². The molecule has 0 aromatic carbocycles. The molecule has 1 unspecified atom stereocenters. The van der Waals surface area contributed by atoms with Crippen molar-refractivity contribution in [1.29, 1.82) is 0 Å². The summed E-state index contributed by atoms with van der Waals surface area (Å²) in [6, 6.07) is 0. The molecule has 1 aliphatic heterocycles. The molecule has 2 aromatic rings. The number of thiazole rings is 1. The zero-order valence-electron chi connectivity index (χ0n) is 12.1. The first-order valence-corrected chi connectivity index (χ1v) is 7.90. The van der Waals surface area contributed by atoms with Gasteiger partial charge in [-0.2, -0.15) is 5.10 Å². The normalized spacial score (nSPS) is 19.0. The van der Waals surface area contributed by atoms with Gasteiger partial charge in [-0.25, -0.2) is 9.37 Å². The molecular weight excluding hydrogens is 307 g/mol. The summed E-state index contributed by atoms with van der Waals surface area (Å²) in [4.78, 5) is 18.0. The predicted molar refractivity (Wildman–Crippen MR) is 83.3 cm³/mol. The number of nitrogens with zero attached hydrogens (tertiary/aromatic N) is 4. The number of nitrogens with one attached hydrogen (secondary N) is 2. The molecule has 118 valence electrons. The van der Waals surface area contributed by atoms with E-state index >= 15 is 0 Å². The fraction of sp³-hybridized carbons (Fsp3) is 0.462. The van der Waals surface area contributed by atoms with Crippen molar-refractivity contribution in [2.24, 2.45) is 7.05 Å². The van der Waals surface area contributed by atoms with E-state index in [1.165, 1.54) is 11.3 Å². The van der Waals surface area contributed by atoms with Gasteiger partial charge in [0.25, 0.3) is 5.91 Å². The molecule has 7 nitrogen and oxygen atoms in total. The van der Waals surface area contributed by atoms with Crippen LogP contribution >= 0.6 is 11.3 Å². The predicted octanol–water partition coefficient (Wildman–Crippen LogP) is 0.877. The largest absolute Gasteiger partial charge is 0.351 e. The Bertz CT molecular complexity index is 643. The summed E-state index contributed by atoms with van der Waals surface area (Å²) >= 11 is 1.36. The van der Waals surface area contributed by atoms with E-state index in [0.29, 0.717) is 36.8 Å². The van der Waals surface area contributed by atoms with Crippen molar-refractivity contribution in [2.45, 2.75) is 6.17 Å². The lowest BCUT2D eigenvalue weighted by molar-refractivity contribution is 0.102. The minimum Gasteiger partial charge on any atom is -0.351 e. The first-order valence-electron chi connectivity index (χ1n) is 6.96. The zero-order chi connectivity index (χ0) is 15.5. The van der Waals surface area contributed by atoms with E-state index in [0.717, 1.165) is 0 Å². The number of anilines is 2. The highest BCUT2D eigenvalue weighted by molar-refractivity contribution is 7.07. The number of hydrogen-bond donors (Lipinski definition) is 2. The summed E-state index contributed by atoms with van der Waals surface area (Å²) in [5, 5.41) is 11.7. The summed E-state index contributed by atoms with van der Waals surface area (Å²) in [6.07, 6.45) is 0.616. The Morgan fingerprint density at radius 3 is 3.23 bits per heavy atom. The third-order valence-electron chi connectivity index (χ3n) is 3.46. The molecule has 1 fully saturated rings. The summed E-state index contributed by atoms with van der Waals surface area (Å²) in [6.45, 7) is 1.95. The van der Waals surface area contributed by atoms with Gasteiger partial charge in [0.2, 0.25) is 0 Å². The second-order valence-electron chi connectivity index (χ2n) is 5.08. The minimum absolute atomic E-state index is 0.270. The molecule has 3 heterocycles. The molecule has 0 aliphatic carbocycles. The molecule has 2 N–H and O–H groups in total.